The van der Waals surface area contributed by atoms with Crippen LogP contribution in [0.2, 0.25) is 0 Å². The Hall–Kier alpha value is -2.31. The van der Waals surface area contributed by atoms with Gasteiger partial charge < -0.3 is 39.1 Å². The van der Waals surface area contributed by atoms with Crippen molar-refractivity contribution in [2.75, 3.05) is 7.11 Å². The predicted molar refractivity (Wildman–Crippen MR) is 122 cm³/mol. The van der Waals surface area contributed by atoms with E-state index in [9.17, 15) is 34.8 Å². The number of aliphatic hydroxyl groups excluding tert-OH is 1. The quantitative estimate of drug-likeness (QED) is 0.397. The van der Waals surface area contributed by atoms with Gasteiger partial charge in [0.05, 0.1) is 37.6 Å². The van der Waals surface area contributed by atoms with Crippen LogP contribution in [0.1, 0.15) is 58.1 Å². The molecule has 206 valence electrons. The molecule has 4 aliphatic carbocycles. The molecule has 2 bridgehead atoms. The first kappa shape index (κ1) is 24.7. The summed E-state index contributed by atoms with van der Waals surface area (Å²) in [5.74, 6) is -8.75. The molecule has 12 atom stereocenters. The van der Waals surface area contributed by atoms with E-state index in [1.807, 2.05) is 0 Å². The molecule has 3 heterocycles. The normalized spacial score (nSPS) is 56.4. The summed E-state index contributed by atoms with van der Waals surface area (Å²) in [5.41, 5.74) is -9.42. The van der Waals surface area contributed by atoms with Crippen molar-refractivity contribution in [1.29, 1.82) is 0 Å². The number of carbonyl (C=O) groups excluding carboxylic acids is 3. The van der Waals surface area contributed by atoms with Crippen LogP contribution in [0.3, 0.4) is 0 Å². The molecule has 6 fully saturated rings. The molecule has 6 aliphatic rings. The van der Waals surface area contributed by atoms with Crippen LogP contribution in [0.25, 0.3) is 0 Å². The van der Waals surface area contributed by atoms with Crippen LogP contribution in [-0.4, -0.2) is 74.0 Å². The highest BCUT2D eigenvalue weighted by molar-refractivity contribution is 5.96. The number of fused-ring (bicyclic) bond motifs is 2. The van der Waals surface area contributed by atoms with Gasteiger partial charge in [0.2, 0.25) is 5.79 Å². The lowest BCUT2D eigenvalue weighted by atomic mass is 9.45. The Morgan fingerprint density at radius 2 is 1.89 bits per heavy atom. The maximum atomic E-state index is 14.3. The van der Waals surface area contributed by atoms with Crippen molar-refractivity contribution in [1.82, 2.24) is 0 Å². The van der Waals surface area contributed by atoms with Crippen LogP contribution >= 0.6 is 0 Å². The SMILES string of the molecule is COC(=O)C(O)C1C2(C)CC3(O)C4C(O)(OC56CC(=O)OC(c7ccoc7)C5(C)CCC(C13C)C46O)C2=O. The highest BCUT2D eigenvalue weighted by Gasteiger charge is 2.99. The molecule has 4 N–H and O–H groups in total. The average molecular weight is 533 g/mol. The smallest absolute Gasteiger partial charge is 0.335 e. The Bertz CT molecular complexity index is 1290. The molecule has 4 saturated carbocycles. The Balaban J connectivity index is 1.52. The fourth-order valence-corrected chi connectivity index (χ4v) is 10.9. The summed E-state index contributed by atoms with van der Waals surface area (Å²) < 4.78 is 22.3. The lowest BCUT2D eigenvalue weighted by molar-refractivity contribution is -0.324. The van der Waals surface area contributed by atoms with Crippen molar-refractivity contribution in [3.63, 3.8) is 0 Å². The van der Waals surface area contributed by atoms with Gasteiger partial charge in [0.15, 0.2) is 11.9 Å². The summed E-state index contributed by atoms with van der Waals surface area (Å²) in [6, 6.07) is 1.65. The molecule has 0 radical (unpaired) electrons. The summed E-state index contributed by atoms with van der Waals surface area (Å²) in [5, 5.41) is 49.0. The van der Waals surface area contributed by atoms with Gasteiger partial charge >= 0.3 is 11.9 Å². The standard InChI is InChI=1S/C27H32O11/c1-21-11-24(32)19-26(33)13(23(24,3)16(21)15(29)18(30)35-4)5-7-22(2)17(12-6-8-36-10-12)37-14(28)9-25(22,26)38-27(19,34)20(21)31/h6,8,10,13,15-17,19,29,32-34H,5,7,9,11H2,1-4H3. The van der Waals surface area contributed by atoms with Gasteiger partial charge in [-0.3, -0.25) is 9.59 Å². The fourth-order valence-electron chi connectivity index (χ4n) is 10.9. The Morgan fingerprint density at radius 3 is 2.53 bits per heavy atom. The summed E-state index contributed by atoms with van der Waals surface area (Å²) in [7, 11) is 1.11. The third-order valence-corrected chi connectivity index (χ3v) is 12.0. The number of hydrogen-bond donors (Lipinski definition) is 4. The van der Waals surface area contributed by atoms with Crippen molar-refractivity contribution < 1.29 is 53.4 Å². The number of methoxy groups -OCH3 is 1. The molecule has 38 heavy (non-hydrogen) atoms. The van der Waals surface area contributed by atoms with Gasteiger partial charge in [0.25, 0.3) is 0 Å². The van der Waals surface area contributed by atoms with E-state index in [-0.39, 0.29) is 12.8 Å². The van der Waals surface area contributed by atoms with Crippen molar-refractivity contribution in [3.05, 3.63) is 24.2 Å². The molecule has 0 aromatic carbocycles. The molecule has 2 saturated heterocycles. The van der Waals surface area contributed by atoms with Gasteiger partial charge in [-0.1, -0.05) is 20.8 Å². The van der Waals surface area contributed by atoms with Crippen molar-refractivity contribution in [2.24, 2.45) is 34.0 Å². The van der Waals surface area contributed by atoms with E-state index in [1.165, 1.54) is 19.5 Å². The van der Waals surface area contributed by atoms with E-state index in [0.29, 0.717) is 12.0 Å². The second-order valence-electron chi connectivity index (χ2n) is 13.1. The number of esters is 2. The molecule has 7 rings (SSSR count). The van der Waals surface area contributed by atoms with Crippen molar-refractivity contribution in [3.8, 4) is 0 Å². The summed E-state index contributed by atoms with van der Waals surface area (Å²) in [4.78, 5) is 40.2. The molecule has 11 nitrogen and oxygen atoms in total. The molecular formula is C27H32O11. The van der Waals surface area contributed by atoms with Crippen LogP contribution in [0.5, 0.6) is 0 Å². The van der Waals surface area contributed by atoms with E-state index >= 15 is 0 Å². The van der Waals surface area contributed by atoms with Crippen LogP contribution in [0, 0.1) is 34.0 Å². The fraction of sp³-hybridized carbons (Fsp3) is 0.741. The molecule has 0 amide bonds. The van der Waals surface area contributed by atoms with Gasteiger partial charge in [-0.25, -0.2) is 4.79 Å². The third-order valence-electron chi connectivity index (χ3n) is 12.0. The zero-order chi connectivity index (χ0) is 27.5. The van der Waals surface area contributed by atoms with Crippen LogP contribution in [0.4, 0.5) is 0 Å². The predicted octanol–water partition coefficient (Wildman–Crippen LogP) is 0.383. The van der Waals surface area contributed by atoms with Crippen molar-refractivity contribution >= 4 is 17.7 Å². The number of Topliss-reactive ketones (excluding diaryl/α,β-unsaturated/α-hetero) is 1. The first-order valence-electron chi connectivity index (χ1n) is 13.0. The van der Waals surface area contributed by atoms with E-state index in [0.717, 1.165) is 7.11 Å². The van der Waals surface area contributed by atoms with Gasteiger partial charge in [0.1, 0.15) is 17.3 Å². The number of rotatable bonds is 3. The maximum absolute atomic E-state index is 14.3. The Morgan fingerprint density at radius 1 is 1.18 bits per heavy atom. The van der Waals surface area contributed by atoms with Crippen LogP contribution in [-0.2, 0) is 28.6 Å². The Labute approximate surface area is 218 Å². The van der Waals surface area contributed by atoms with E-state index < -0.39 is 92.9 Å². The minimum atomic E-state index is -2.68. The Kier molecular flexibility index (Phi) is 4.24. The number of ether oxygens (including phenoxy) is 3. The topological polar surface area (TPSA) is 173 Å². The van der Waals surface area contributed by atoms with Crippen molar-refractivity contribution in [2.45, 2.75) is 81.3 Å². The third kappa shape index (κ3) is 2.04. The molecule has 12 unspecified atom stereocenters. The number of aliphatic hydroxyl groups is 4. The molecule has 1 spiro atoms. The van der Waals surface area contributed by atoms with Gasteiger partial charge in [-0.2, -0.15) is 0 Å². The average Bonchev–Trinajstić information content (AvgIpc) is 3.51. The lowest BCUT2D eigenvalue weighted by Crippen LogP contribution is -2.72. The zero-order valence-corrected chi connectivity index (χ0v) is 21.6. The summed E-state index contributed by atoms with van der Waals surface area (Å²) >= 11 is 0. The van der Waals surface area contributed by atoms with E-state index in [4.69, 9.17) is 18.6 Å². The first-order valence-corrected chi connectivity index (χ1v) is 13.0. The largest absolute Gasteiger partial charge is 0.472 e. The first-order chi connectivity index (χ1) is 17.6. The lowest BCUT2D eigenvalue weighted by Gasteiger charge is -2.63. The van der Waals surface area contributed by atoms with E-state index in [2.05, 4.69) is 0 Å². The molecule has 11 heteroatoms. The molecule has 2 aliphatic heterocycles. The minimum Gasteiger partial charge on any atom is -0.472 e. The summed E-state index contributed by atoms with van der Waals surface area (Å²) in [6.07, 6.45) is 0.0892. The zero-order valence-electron chi connectivity index (χ0n) is 21.6. The highest BCUT2D eigenvalue weighted by atomic mass is 16.7. The van der Waals surface area contributed by atoms with Gasteiger partial charge in [-0.15, -0.1) is 0 Å². The summed E-state index contributed by atoms with van der Waals surface area (Å²) in [6.45, 7) is 4.97. The number of hydrogen-bond acceptors (Lipinski definition) is 11. The second kappa shape index (κ2) is 6.52. The molecule has 1 aromatic rings. The van der Waals surface area contributed by atoms with Crippen LogP contribution in [0.15, 0.2) is 23.0 Å². The number of ketones is 1. The van der Waals surface area contributed by atoms with E-state index in [1.54, 1.807) is 19.9 Å². The highest BCUT2D eigenvalue weighted by Crippen LogP contribution is 2.86. The number of cyclic esters (lactones) is 1. The number of carbonyl (C=O) groups is 3. The molecule has 1 aromatic heterocycles. The van der Waals surface area contributed by atoms with Gasteiger partial charge in [0, 0.05) is 27.7 Å². The minimum absolute atomic E-state index is 0.203. The second-order valence-corrected chi connectivity index (χ2v) is 13.1. The maximum Gasteiger partial charge on any atom is 0.335 e. The molecular weight excluding hydrogens is 500 g/mol. The monoisotopic (exact) mass is 532 g/mol. The number of furan rings is 1. The van der Waals surface area contributed by atoms with Crippen LogP contribution < -0.4 is 0 Å². The van der Waals surface area contributed by atoms with Gasteiger partial charge in [-0.05, 0) is 31.2 Å².